The van der Waals surface area contributed by atoms with Crippen molar-refractivity contribution in [2.75, 3.05) is 29.9 Å². The molecular weight excluding hydrogens is 316 g/mol. The van der Waals surface area contributed by atoms with Gasteiger partial charge in [0.1, 0.15) is 0 Å². The van der Waals surface area contributed by atoms with Gasteiger partial charge in [-0.1, -0.05) is 30.6 Å². The summed E-state index contributed by atoms with van der Waals surface area (Å²) in [4.78, 5) is 6.83. The van der Waals surface area contributed by atoms with Crippen LogP contribution in [-0.2, 0) is 13.0 Å². The molecule has 0 saturated carbocycles. The highest BCUT2D eigenvalue weighted by molar-refractivity contribution is 5.70. The molecule has 6 heteroatoms. The van der Waals surface area contributed by atoms with Crippen LogP contribution in [0.4, 0.5) is 11.4 Å². The van der Waals surface area contributed by atoms with Crippen LogP contribution in [0.1, 0.15) is 44.3 Å². The predicted octanol–water partition coefficient (Wildman–Crippen LogP) is 3.23. The van der Waals surface area contributed by atoms with E-state index in [-0.39, 0.29) is 0 Å². The number of unbranched alkanes of at least 4 members (excludes halogenated alkanes) is 1. The molecule has 3 rings (SSSR count). The van der Waals surface area contributed by atoms with Gasteiger partial charge in [-0.3, -0.25) is 0 Å². The molecule has 0 radical (unpaired) electrons. The molecule has 25 heavy (non-hydrogen) atoms. The molecule has 0 bridgehead atoms. The molecule has 1 aromatic heterocycles. The Balaban J connectivity index is 1.60. The average Bonchev–Trinajstić information content (AvgIpc) is 3.13. The number of piperidine rings is 1. The van der Waals surface area contributed by atoms with E-state index in [1.54, 1.807) is 0 Å². The van der Waals surface area contributed by atoms with Crippen molar-refractivity contribution < 1.29 is 9.63 Å². The molecule has 1 saturated heterocycles. The summed E-state index contributed by atoms with van der Waals surface area (Å²) in [5.41, 5.74) is 2.29. The minimum absolute atomic E-state index is 0.298. The lowest BCUT2D eigenvalue weighted by atomic mass is 9.97. The zero-order valence-corrected chi connectivity index (χ0v) is 14.9. The summed E-state index contributed by atoms with van der Waals surface area (Å²) in [6, 6.07) is 8.33. The van der Waals surface area contributed by atoms with E-state index in [4.69, 9.17) is 4.52 Å². The molecule has 1 aliphatic rings. The van der Waals surface area contributed by atoms with Crippen molar-refractivity contribution in [2.45, 2.75) is 45.6 Å². The maximum absolute atomic E-state index is 9.32. The van der Waals surface area contributed by atoms with Crippen LogP contribution in [0, 0.1) is 5.92 Å². The number of hydrogen-bond acceptors (Lipinski definition) is 6. The number of rotatable bonds is 8. The summed E-state index contributed by atoms with van der Waals surface area (Å²) in [7, 11) is 0. The zero-order valence-electron chi connectivity index (χ0n) is 14.9. The molecule has 0 aliphatic carbocycles. The molecule has 2 aromatic rings. The highest BCUT2D eigenvalue weighted by atomic mass is 16.5. The second-order valence-electron chi connectivity index (χ2n) is 6.69. The number of nitrogens with zero attached hydrogens (tertiary/aromatic N) is 3. The number of aryl methyl sites for hydroxylation is 1. The van der Waals surface area contributed by atoms with Gasteiger partial charge in [0, 0.05) is 26.1 Å². The van der Waals surface area contributed by atoms with Crippen LogP contribution in [0.5, 0.6) is 0 Å². The van der Waals surface area contributed by atoms with Crippen LogP contribution in [0.15, 0.2) is 28.8 Å². The topological polar surface area (TPSA) is 74.4 Å². The first kappa shape index (κ1) is 17.7. The first-order valence-corrected chi connectivity index (χ1v) is 9.30. The van der Waals surface area contributed by atoms with Gasteiger partial charge in [0.2, 0.25) is 5.89 Å². The summed E-state index contributed by atoms with van der Waals surface area (Å²) in [5, 5.41) is 16.8. The molecular formula is C19H28N4O2. The van der Waals surface area contributed by atoms with Gasteiger partial charge in [0.15, 0.2) is 5.82 Å². The summed E-state index contributed by atoms with van der Waals surface area (Å²) >= 11 is 0. The van der Waals surface area contributed by atoms with E-state index in [0.29, 0.717) is 24.9 Å². The Bertz CT molecular complexity index is 650. The Hall–Kier alpha value is -2.08. The van der Waals surface area contributed by atoms with Crippen LogP contribution in [0.2, 0.25) is 0 Å². The van der Waals surface area contributed by atoms with Gasteiger partial charge >= 0.3 is 0 Å². The fraction of sp³-hybridized carbons (Fsp3) is 0.579. The van der Waals surface area contributed by atoms with Gasteiger partial charge in [-0.25, -0.2) is 0 Å². The highest BCUT2D eigenvalue weighted by Gasteiger charge is 2.20. The minimum atomic E-state index is 0.298. The molecule has 2 N–H and O–H groups in total. The highest BCUT2D eigenvalue weighted by Crippen LogP contribution is 2.29. The molecule has 2 heterocycles. The maximum Gasteiger partial charge on any atom is 0.226 e. The van der Waals surface area contributed by atoms with E-state index in [9.17, 15) is 5.11 Å². The van der Waals surface area contributed by atoms with E-state index >= 15 is 0 Å². The number of anilines is 2. The first-order chi connectivity index (χ1) is 12.3. The van der Waals surface area contributed by atoms with Crippen molar-refractivity contribution >= 4 is 11.4 Å². The molecule has 136 valence electrons. The second-order valence-corrected chi connectivity index (χ2v) is 6.69. The lowest BCUT2D eigenvalue weighted by molar-refractivity contribution is 0.203. The van der Waals surface area contributed by atoms with Crippen LogP contribution >= 0.6 is 0 Å². The predicted molar refractivity (Wildman–Crippen MR) is 98.7 cm³/mol. The van der Waals surface area contributed by atoms with Crippen molar-refractivity contribution in [3.63, 3.8) is 0 Å². The number of nitrogens with one attached hydrogen (secondary N) is 1. The molecule has 1 aliphatic heterocycles. The zero-order chi connectivity index (χ0) is 17.5. The Morgan fingerprint density at radius 2 is 2.08 bits per heavy atom. The van der Waals surface area contributed by atoms with Gasteiger partial charge < -0.3 is 19.8 Å². The molecule has 1 aromatic carbocycles. The van der Waals surface area contributed by atoms with E-state index in [2.05, 4.69) is 45.5 Å². The molecule has 0 spiro atoms. The van der Waals surface area contributed by atoms with Crippen LogP contribution in [-0.4, -0.2) is 34.9 Å². The van der Waals surface area contributed by atoms with Crippen LogP contribution in [0.3, 0.4) is 0 Å². The second kappa shape index (κ2) is 8.85. The van der Waals surface area contributed by atoms with Gasteiger partial charge in [-0.2, -0.15) is 4.98 Å². The SMILES string of the molecule is CCCCc1nc(CNc2ccccc2N2CCC(CO)CC2)no1. The van der Waals surface area contributed by atoms with Gasteiger partial charge in [-0.15, -0.1) is 0 Å². The Labute approximate surface area is 149 Å². The normalized spacial score (nSPS) is 15.5. The van der Waals surface area contributed by atoms with Crippen molar-refractivity contribution in [1.29, 1.82) is 0 Å². The molecule has 6 nitrogen and oxygen atoms in total. The Morgan fingerprint density at radius 3 is 2.84 bits per heavy atom. The third-order valence-corrected chi connectivity index (χ3v) is 4.81. The van der Waals surface area contributed by atoms with Crippen molar-refractivity contribution in [3.05, 3.63) is 36.0 Å². The smallest absolute Gasteiger partial charge is 0.226 e. The van der Waals surface area contributed by atoms with E-state index < -0.39 is 0 Å². The number of para-hydroxylation sites is 2. The largest absolute Gasteiger partial charge is 0.396 e. The van der Waals surface area contributed by atoms with Gasteiger partial charge in [0.05, 0.1) is 17.9 Å². The number of aromatic nitrogens is 2. The number of aliphatic hydroxyl groups excluding tert-OH is 1. The van der Waals surface area contributed by atoms with Crippen molar-refractivity contribution in [1.82, 2.24) is 10.1 Å². The molecule has 0 amide bonds. The average molecular weight is 344 g/mol. The lowest BCUT2D eigenvalue weighted by Crippen LogP contribution is -2.35. The third kappa shape index (κ3) is 4.72. The standard InChI is InChI=1S/C19H28N4O2/c1-2-3-8-19-21-18(22-25-19)13-20-16-6-4-5-7-17(16)23-11-9-15(14-24)10-12-23/h4-7,15,20,24H,2-3,8-14H2,1H3. The first-order valence-electron chi connectivity index (χ1n) is 9.30. The maximum atomic E-state index is 9.32. The third-order valence-electron chi connectivity index (χ3n) is 4.81. The molecule has 0 atom stereocenters. The fourth-order valence-electron chi connectivity index (χ4n) is 3.22. The summed E-state index contributed by atoms with van der Waals surface area (Å²) < 4.78 is 5.29. The van der Waals surface area contributed by atoms with Gasteiger partial charge in [0.25, 0.3) is 0 Å². The number of benzene rings is 1. The van der Waals surface area contributed by atoms with Crippen LogP contribution in [0.25, 0.3) is 0 Å². The van der Waals surface area contributed by atoms with E-state index in [0.717, 1.165) is 56.8 Å². The van der Waals surface area contributed by atoms with Crippen LogP contribution < -0.4 is 10.2 Å². The van der Waals surface area contributed by atoms with Crippen molar-refractivity contribution in [3.8, 4) is 0 Å². The van der Waals surface area contributed by atoms with E-state index in [1.807, 2.05) is 6.07 Å². The summed E-state index contributed by atoms with van der Waals surface area (Å²) in [6.07, 6.45) is 5.12. The summed E-state index contributed by atoms with van der Waals surface area (Å²) in [6.45, 7) is 4.96. The minimum Gasteiger partial charge on any atom is -0.396 e. The lowest BCUT2D eigenvalue weighted by Gasteiger charge is -2.34. The fourth-order valence-corrected chi connectivity index (χ4v) is 3.22. The molecule has 0 unspecified atom stereocenters. The number of aliphatic hydroxyl groups is 1. The quantitative estimate of drug-likeness (QED) is 0.766. The molecule has 1 fully saturated rings. The van der Waals surface area contributed by atoms with Gasteiger partial charge in [-0.05, 0) is 37.3 Å². The van der Waals surface area contributed by atoms with Crippen molar-refractivity contribution in [2.24, 2.45) is 5.92 Å². The van der Waals surface area contributed by atoms with E-state index in [1.165, 1.54) is 5.69 Å². The monoisotopic (exact) mass is 344 g/mol. The Kier molecular flexibility index (Phi) is 6.28. The summed E-state index contributed by atoms with van der Waals surface area (Å²) in [5.74, 6) is 1.86. The number of hydrogen-bond donors (Lipinski definition) is 2. The Morgan fingerprint density at radius 1 is 1.28 bits per heavy atom.